The summed E-state index contributed by atoms with van der Waals surface area (Å²) >= 11 is 6.02. The number of nitrogens with zero attached hydrogens (tertiary/aromatic N) is 4. The van der Waals surface area contributed by atoms with Crippen LogP contribution in [0.15, 0.2) is 24.7 Å². The molecule has 14 heteroatoms. The molecule has 0 bridgehead atoms. The Morgan fingerprint density at radius 2 is 2.13 bits per heavy atom. The molecular weight excluding hydrogens is 432 g/mol. The quantitative estimate of drug-likeness (QED) is 0.209. The minimum absolute atomic E-state index is 0.0990. The number of aromatic nitrogens is 5. The van der Waals surface area contributed by atoms with Gasteiger partial charge in [-0.05, 0) is 30.7 Å². The van der Waals surface area contributed by atoms with E-state index in [0.717, 1.165) is 0 Å². The number of halogens is 1. The molecule has 0 saturated carbocycles. The Bertz CT molecular complexity index is 1100. The molecule has 1 aliphatic rings. The molecule has 4 heterocycles. The summed E-state index contributed by atoms with van der Waals surface area (Å²) in [5.74, 6) is -0.903. The third-order valence-corrected chi connectivity index (χ3v) is 4.82. The van der Waals surface area contributed by atoms with E-state index in [1.165, 1.54) is 10.9 Å². The van der Waals surface area contributed by atoms with Crippen molar-refractivity contribution in [1.82, 2.24) is 35.2 Å². The van der Waals surface area contributed by atoms with Crippen LogP contribution in [0, 0.1) is 0 Å². The third-order valence-electron chi connectivity index (χ3n) is 4.65. The number of imidazole rings is 1. The number of hydrogen-bond acceptors (Lipinski definition) is 9. The molecule has 164 valence electrons. The predicted molar refractivity (Wildman–Crippen MR) is 107 cm³/mol. The van der Waals surface area contributed by atoms with Crippen LogP contribution < -0.4 is 16.2 Å². The molecule has 3 aromatic heterocycles. The van der Waals surface area contributed by atoms with E-state index in [2.05, 4.69) is 36.1 Å². The van der Waals surface area contributed by atoms with Crippen LogP contribution in [0.4, 0.5) is 5.82 Å². The Hall–Kier alpha value is -3.26. The monoisotopic (exact) mass is 450 g/mol. The first-order valence-electron chi connectivity index (χ1n) is 9.29. The van der Waals surface area contributed by atoms with Gasteiger partial charge in [0.15, 0.2) is 29.3 Å². The molecule has 31 heavy (non-hydrogen) atoms. The number of anilines is 1. The minimum atomic E-state index is -1.45. The Kier molecular flexibility index (Phi) is 5.73. The van der Waals surface area contributed by atoms with Crippen LogP contribution in [0.2, 0.25) is 5.28 Å². The fourth-order valence-electron chi connectivity index (χ4n) is 3.20. The normalized spacial score (nSPS) is 23.1. The number of aliphatic hydroxyl groups excluding tert-OH is 2. The molecule has 13 nitrogen and oxygen atoms in total. The Morgan fingerprint density at radius 1 is 1.32 bits per heavy atom. The number of hydrazine groups is 1. The van der Waals surface area contributed by atoms with Gasteiger partial charge in [-0.15, -0.1) is 0 Å². The molecular formula is C17H19ClN8O5. The van der Waals surface area contributed by atoms with Crippen LogP contribution in [-0.2, 0) is 9.53 Å². The fourth-order valence-corrected chi connectivity index (χ4v) is 3.36. The number of likely N-dealkylation sites (N-methyl/N-ethyl adjacent to an activating group) is 1. The maximum atomic E-state index is 12.1. The first-order chi connectivity index (χ1) is 14.9. The summed E-state index contributed by atoms with van der Waals surface area (Å²) in [5.41, 5.74) is 5.79. The second-order valence-electron chi connectivity index (χ2n) is 6.65. The lowest BCUT2D eigenvalue weighted by molar-refractivity contribution is -0.137. The summed E-state index contributed by atoms with van der Waals surface area (Å²) in [6.07, 6.45) is -2.40. The van der Waals surface area contributed by atoms with Gasteiger partial charge in [0.05, 0.1) is 6.33 Å². The highest BCUT2D eigenvalue weighted by Gasteiger charge is 2.47. The van der Waals surface area contributed by atoms with Crippen LogP contribution in [0.1, 0.15) is 23.6 Å². The largest absolute Gasteiger partial charge is 0.387 e. The lowest BCUT2D eigenvalue weighted by Crippen LogP contribution is -2.42. The van der Waals surface area contributed by atoms with Crippen LogP contribution in [0.3, 0.4) is 0 Å². The molecule has 6 N–H and O–H groups in total. The van der Waals surface area contributed by atoms with Crippen molar-refractivity contribution < 1.29 is 24.5 Å². The number of hydrogen-bond donors (Lipinski definition) is 6. The smallest absolute Gasteiger partial charge is 0.286 e. The topological polar surface area (TPSA) is 179 Å². The van der Waals surface area contributed by atoms with Crippen molar-refractivity contribution in [3.05, 3.63) is 35.6 Å². The summed E-state index contributed by atoms with van der Waals surface area (Å²) in [5, 5.41) is 23.1. The maximum Gasteiger partial charge on any atom is 0.286 e. The van der Waals surface area contributed by atoms with Gasteiger partial charge < -0.3 is 25.3 Å². The number of carbonyl (C=O) groups excluding carboxylic acids is 2. The zero-order chi connectivity index (χ0) is 22.1. The zero-order valence-electron chi connectivity index (χ0n) is 16.1. The van der Waals surface area contributed by atoms with Gasteiger partial charge in [-0.3, -0.25) is 25.0 Å². The van der Waals surface area contributed by atoms with E-state index in [1.807, 2.05) is 0 Å². The average Bonchev–Trinajstić information content (AvgIpc) is 3.47. The summed E-state index contributed by atoms with van der Waals surface area (Å²) in [6, 6.07) is 3.26. The van der Waals surface area contributed by atoms with E-state index in [1.54, 1.807) is 25.3 Å². The van der Waals surface area contributed by atoms with Gasteiger partial charge in [0.1, 0.15) is 17.9 Å². The van der Waals surface area contributed by atoms with E-state index in [-0.39, 0.29) is 22.3 Å². The number of aliphatic hydroxyl groups is 2. The van der Waals surface area contributed by atoms with Crippen molar-refractivity contribution in [1.29, 1.82) is 0 Å². The van der Waals surface area contributed by atoms with Gasteiger partial charge in [0.25, 0.3) is 11.8 Å². The van der Waals surface area contributed by atoms with Crippen molar-refractivity contribution in [2.24, 2.45) is 0 Å². The van der Waals surface area contributed by atoms with Crippen molar-refractivity contribution >= 4 is 40.4 Å². The molecule has 1 saturated heterocycles. The Balaban J connectivity index is 1.60. The van der Waals surface area contributed by atoms with E-state index >= 15 is 0 Å². The maximum absolute atomic E-state index is 12.1. The molecule has 0 aromatic carbocycles. The van der Waals surface area contributed by atoms with Crippen LogP contribution in [0.5, 0.6) is 0 Å². The molecule has 3 aromatic rings. The molecule has 0 radical (unpaired) electrons. The summed E-state index contributed by atoms with van der Waals surface area (Å²) in [4.78, 5) is 39.3. The van der Waals surface area contributed by atoms with Gasteiger partial charge in [0, 0.05) is 12.7 Å². The van der Waals surface area contributed by atoms with Crippen LogP contribution >= 0.6 is 11.6 Å². The molecule has 0 spiro atoms. The SMILES string of the molecule is CCNC(=O)[C@@H]1O[C@H](n2cnc3c(NNC(=O)c4ccc[nH]4)nc(Cl)nc32)[C@@H](O)[C@H]1O. The van der Waals surface area contributed by atoms with Crippen molar-refractivity contribution in [2.45, 2.75) is 31.5 Å². The molecule has 1 aliphatic heterocycles. The van der Waals surface area contributed by atoms with Gasteiger partial charge in [-0.2, -0.15) is 9.97 Å². The van der Waals surface area contributed by atoms with E-state index in [9.17, 15) is 19.8 Å². The summed E-state index contributed by atoms with van der Waals surface area (Å²) in [6.45, 7) is 2.06. The van der Waals surface area contributed by atoms with Gasteiger partial charge >= 0.3 is 0 Å². The highest BCUT2D eigenvalue weighted by molar-refractivity contribution is 6.28. The van der Waals surface area contributed by atoms with E-state index in [4.69, 9.17) is 16.3 Å². The fraction of sp³-hybridized carbons (Fsp3) is 0.353. The van der Waals surface area contributed by atoms with Gasteiger partial charge in [0.2, 0.25) is 5.28 Å². The summed E-state index contributed by atoms with van der Waals surface area (Å²) in [7, 11) is 0. The van der Waals surface area contributed by atoms with Crippen LogP contribution in [-0.4, -0.2) is 71.4 Å². The molecule has 0 aliphatic carbocycles. The summed E-state index contributed by atoms with van der Waals surface area (Å²) < 4.78 is 6.92. The minimum Gasteiger partial charge on any atom is -0.387 e. The van der Waals surface area contributed by atoms with E-state index in [0.29, 0.717) is 12.2 Å². The second-order valence-corrected chi connectivity index (χ2v) is 6.99. The highest BCUT2D eigenvalue weighted by Crippen LogP contribution is 2.32. The van der Waals surface area contributed by atoms with Crippen molar-refractivity contribution in [3.63, 3.8) is 0 Å². The second kappa shape index (κ2) is 8.47. The number of aromatic amines is 1. The molecule has 0 unspecified atom stereocenters. The number of carbonyl (C=O) groups is 2. The molecule has 4 atom stereocenters. The highest BCUT2D eigenvalue weighted by atomic mass is 35.5. The predicted octanol–water partition coefficient (Wildman–Crippen LogP) is -0.680. The van der Waals surface area contributed by atoms with Crippen LogP contribution in [0.25, 0.3) is 11.2 Å². The number of fused-ring (bicyclic) bond motifs is 1. The average molecular weight is 451 g/mol. The third kappa shape index (κ3) is 3.90. The van der Waals surface area contributed by atoms with Gasteiger partial charge in [-0.25, -0.2) is 4.98 Å². The first-order valence-corrected chi connectivity index (χ1v) is 9.67. The van der Waals surface area contributed by atoms with Crippen molar-refractivity contribution in [3.8, 4) is 0 Å². The number of rotatable bonds is 6. The molecule has 4 rings (SSSR count). The molecule has 2 amide bonds. The molecule has 1 fully saturated rings. The lowest BCUT2D eigenvalue weighted by atomic mass is 10.1. The number of nitrogens with one attached hydrogen (secondary N) is 4. The van der Waals surface area contributed by atoms with Crippen molar-refractivity contribution in [2.75, 3.05) is 12.0 Å². The first kappa shape index (κ1) is 21.0. The number of H-pyrrole nitrogens is 1. The zero-order valence-corrected chi connectivity index (χ0v) is 16.9. The van der Waals surface area contributed by atoms with Gasteiger partial charge in [-0.1, -0.05) is 0 Å². The Morgan fingerprint density at radius 3 is 2.84 bits per heavy atom. The van der Waals surface area contributed by atoms with E-state index < -0.39 is 36.4 Å². The standard InChI is InChI=1S/C17H19ClN8O5/c1-2-19-15(30)11-9(27)10(28)16(31-11)26-6-21-8-12(22-17(18)23-13(8)26)24-25-14(29)7-4-3-5-20-7/h3-6,9-11,16,20,27-28H,2H2,1H3,(H,19,30)(H,25,29)(H,22,23,24)/t9-,10+,11-,16+/m1/s1. The Labute approximate surface area is 179 Å². The lowest BCUT2D eigenvalue weighted by Gasteiger charge is -2.16. The number of ether oxygens (including phenoxy) is 1. The number of amides is 2.